The van der Waals surface area contributed by atoms with Crippen molar-refractivity contribution in [3.8, 4) is 5.75 Å². The summed E-state index contributed by atoms with van der Waals surface area (Å²) in [6.07, 6.45) is 1.19. The predicted molar refractivity (Wildman–Crippen MR) is 80.9 cm³/mol. The van der Waals surface area contributed by atoms with Crippen LogP contribution in [-0.4, -0.2) is 10.9 Å². The lowest BCUT2D eigenvalue weighted by Crippen LogP contribution is -2.36. The smallest absolute Gasteiger partial charge is 0.147 e. The van der Waals surface area contributed by atoms with E-state index in [4.69, 9.17) is 0 Å². The van der Waals surface area contributed by atoms with E-state index in [1.807, 2.05) is 56.3 Å². The van der Waals surface area contributed by atoms with Crippen LogP contribution in [0.5, 0.6) is 5.75 Å². The Bertz CT molecular complexity index is 572. The lowest BCUT2D eigenvalue weighted by atomic mass is 9.69. The van der Waals surface area contributed by atoms with Crippen molar-refractivity contribution in [1.82, 2.24) is 0 Å². The quantitative estimate of drug-likeness (QED) is 0.887. The Morgan fingerprint density at radius 2 is 1.50 bits per heavy atom. The Morgan fingerprint density at radius 1 is 0.950 bits per heavy atom. The number of Topliss-reactive ketones (excluding diaryl/α,β-unsaturated/α-hetero) is 1. The summed E-state index contributed by atoms with van der Waals surface area (Å²) in [6, 6.07) is 16.9. The predicted octanol–water partition coefficient (Wildman–Crippen LogP) is 4.07. The Labute approximate surface area is 120 Å². The van der Waals surface area contributed by atoms with Gasteiger partial charge in [0.25, 0.3) is 0 Å². The number of benzene rings is 2. The van der Waals surface area contributed by atoms with Crippen molar-refractivity contribution in [1.29, 1.82) is 0 Å². The normalized spacial score (nSPS) is 13.7. The molecule has 0 aliphatic heterocycles. The highest BCUT2D eigenvalue weighted by atomic mass is 16.3. The Hall–Kier alpha value is -2.09. The van der Waals surface area contributed by atoms with Crippen LogP contribution in [0.15, 0.2) is 54.6 Å². The molecule has 0 bridgehead atoms. The summed E-state index contributed by atoms with van der Waals surface area (Å²) in [5, 5.41) is 9.48. The lowest BCUT2D eigenvalue weighted by molar-refractivity contribution is -0.123. The van der Waals surface area contributed by atoms with Gasteiger partial charge in [0.15, 0.2) is 0 Å². The molecule has 0 aliphatic rings. The number of aromatic hydroxyl groups is 1. The van der Waals surface area contributed by atoms with Gasteiger partial charge < -0.3 is 5.11 Å². The van der Waals surface area contributed by atoms with Crippen molar-refractivity contribution >= 4 is 5.78 Å². The zero-order valence-corrected chi connectivity index (χ0v) is 12.0. The third-order valence-electron chi connectivity index (χ3n) is 3.95. The molecule has 0 saturated heterocycles. The van der Waals surface area contributed by atoms with E-state index in [2.05, 4.69) is 0 Å². The monoisotopic (exact) mass is 268 g/mol. The number of hydrogen-bond donors (Lipinski definition) is 1. The van der Waals surface area contributed by atoms with Gasteiger partial charge in [-0.15, -0.1) is 0 Å². The molecule has 2 rings (SSSR count). The minimum absolute atomic E-state index is 0.205. The van der Waals surface area contributed by atoms with Gasteiger partial charge in [-0.2, -0.15) is 0 Å². The van der Waals surface area contributed by atoms with E-state index in [-0.39, 0.29) is 11.5 Å². The zero-order valence-electron chi connectivity index (χ0n) is 12.0. The molecule has 0 fully saturated rings. The van der Waals surface area contributed by atoms with Crippen LogP contribution in [0.1, 0.15) is 37.8 Å². The van der Waals surface area contributed by atoms with Crippen molar-refractivity contribution in [3.63, 3.8) is 0 Å². The molecule has 1 N–H and O–H groups in total. The number of phenolic OH excluding ortho intramolecular Hbond substituents is 1. The van der Waals surface area contributed by atoms with Gasteiger partial charge in [-0.25, -0.2) is 0 Å². The molecule has 0 unspecified atom stereocenters. The van der Waals surface area contributed by atoms with Crippen LogP contribution in [0.25, 0.3) is 0 Å². The molecule has 0 heterocycles. The molecular formula is C18H20O2. The molecule has 2 heteroatoms. The average Bonchev–Trinajstić information content (AvgIpc) is 2.51. The van der Waals surface area contributed by atoms with E-state index in [1.54, 1.807) is 12.1 Å². The number of hydrogen-bond acceptors (Lipinski definition) is 2. The summed E-state index contributed by atoms with van der Waals surface area (Å²) in [4.78, 5) is 12.7. The first kappa shape index (κ1) is 14.3. The van der Waals surface area contributed by atoms with Gasteiger partial charge >= 0.3 is 0 Å². The molecule has 0 saturated carbocycles. The van der Waals surface area contributed by atoms with Crippen LogP contribution in [0.3, 0.4) is 0 Å². The van der Waals surface area contributed by atoms with E-state index in [0.29, 0.717) is 12.8 Å². The van der Waals surface area contributed by atoms with Crippen molar-refractivity contribution < 1.29 is 9.90 Å². The van der Waals surface area contributed by atoms with Gasteiger partial charge in [-0.1, -0.05) is 56.3 Å². The highest BCUT2D eigenvalue weighted by Crippen LogP contribution is 2.38. The topological polar surface area (TPSA) is 37.3 Å². The maximum atomic E-state index is 12.7. The van der Waals surface area contributed by atoms with Crippen molar-refractivity contribution in [3.05, 3.63) is 65.7 Å². The fourth-order valence-electron chi connectivity index (χ4n) is 2.86. The van der Waals surface area contributed by atoms with E-state index in [1.165, 1.54) is 0 Å². The summed E-state index contributed by atoms with van der Waals surface area (Å²) < 4.78 is 0. The maximum Gasteiger partial charge on any atom is 0.147 e. The number of rotatable bonds is 5. The van der Waals surface area contributed by atoms with Crippen LogP contribution in [0, 0.1) is 0 Å². The molecule has 2 aromatic rings. The van der Waals surface area contributed by atoms with E-state index in [0.717, 1.165) is 11.1 Å². The summed E-state index contributed by atoms with van der Waals surface area (Å²) in [6.45, 7) is 3.93. The highest BCUT2D eigenvalue weighted by molar-refractivity contribution is 5.93. The Balaban J connectivity index is 2.65. The summed E-state index contributed by atoms with van der Waals surface area (Å²) in [7, 11) is 0. The number of carbonyl (C=O) groups is 1. The molecule has 0 aromatic heterocycles. The molecular weight excluding hydrogens is 248 g/mol. The van der Waals surface area contributed by atoms with Gasteiger partial charge in [-0.3, -0.25) is 4.79 Å². The second-order valence-electron chi connectivity index (χ2n) is 4.95. The minimum atomic E-state index is -0.621. The fraction of sp³-hybridized carbons (Fsp3) is 0.278. The zero-order chi connectivity index (χ0) is 14.6. The van der Waals surface area contributed by atoms with E-state index >= 15 is 0 Å². The van der Waals surface area contributed by atoms with Gasteiger partial charge in [0.1, 0.15) is 11.5 Å². The SMILES string of the molecule is CCC(=O)[C@](CC)(c1ccccc1)c1ccc(O)cc1. The van der Waals surface area contributed by atoms with Gasteiger partial charge in [0, 0.05) is 6.42 Å². The number of ketones is 1. The first-order chi connectivity index (χ1) is 9.65. The standard InChI is InChI=1S/C18H20O2/c1-3-17(20)18(4-2,14-8-6-5-7-9-14)15-10-12-16(19)13-11-15/h5-13,19H,3-4H2,1-2H3/t18-/m1/s1. The molecule has 0 spiro atoms. The molecule has 2 aromatic carbocycles. The second kappa shape index (κ2) is 5.91. The minimum Gasteiger partial charge on any atom is -0.508 e. The van der Waals surface area contributed by atoms with Gasteiger partial charge in [0.2, 0.25) is 0 Å². The van der Waals surface area contributed by atoms with Crippen LogP contribution < -0.4 is 0 Å². The van der Waals surface area contributed by atoms with Crippen molar-refractivity contribution in [2.45, 2.75) is 32.1 Å². The maximum absolute atomic E-state index is 12.7. The van der Waals surface area contributed by atoms with E-state index < -0.39 is 5.41 Å². The molecule has 0 aliphatic carbocycles. The van der Waals surface area contributed by atoms with Gasteiger partial charge in [-0.05, 0) is 29.7 Å². The first-order valence-corrected chi connectivity index (χ1v) is 7.03. The number of phenols is 1. The fourth-order valence-corrected chi connectivity index (χ4v) is 2.86. The molecule has 2 nitrogen and oxygen atoms in total. The average molecular weight is 268 g/mol. The second-order valence-corrected chi connectivity index (χ2v) is 4.95. The van der Waals surface area contributed by atoms with Crippen molar-refractivity contribution in [2.75, 3.05) is 0 Å². The number of carbonyl (C=O) groups excluding carboxylic acids is 1. The van der Waals surface area contributed by atoms with Gasteiger partial charge in [0.05, 0.1) is 5.41 Å². The Morgan fingerprint density at radius 3 is 2.00 bits per heavy atom. The highest BCUT2D eigenvalue weighted by Gasteiger charge is 2.38. The molecule has 0 amide bonds. The molecule has 104 valence electrons. The third-order valence-corrected chi connectivity index (χ3v) is 3.95. The van der Waals surface area contributed by atoms with Crippen LogP contribution in [-0.2, 0) is 10.2 Å². The lowest BCUT2D eigenvalue weighted by Gasteiger charge is -2.32. The van der Waals surface area contributed by atoms with Crippen LogP contribution in [0.4, 0.5) is 0 Å². The molecule has 0 radical (unpaired) electrons. The largest absolute Gasteiger partial charge is 0.508 e. The Kier molecular flexibility index (Phi) is 4.23. The van der Waals surface area contributed by atoms with E-state index in [9.17, 15) is 9.90 Å². The third kappa shape index (κ3) is 2.34. The van der Waals surface area contributed by atoms with Crippen LogP contribution in [0.2, 0.25) is 0 Å². The summed E-state index contributed by atoms with van der Waals surface area (Å²) in [5.74, 6) is 0.424. The summed E-state index contributed by atoms with van der Waals surface area (Å²) in [5.41, 5.74) is 1.33. The first-order valence-electron chi connectivity index (χ1n) is 7.03. The summed E-state index contributed by atoms with van der Waals surface area (Å²) >= 11 is 0. The van der Waals surface area contributed by atoms with Crippen molar-refractivity contribution in [2.24, 2.45) is 0 Å². The molecule has 20 heavy (non-hydrogen) atoms. The molecule has 1 atom stereocenters. The van der Waals surface area contributed by atoms with Crippen LogP contribution >= 0.6 is 0 Å².